The summed E-state index contributed by atoms with van der Waals surface area (Å²) in [5.74, 6) is 0.141. The summed E-state index contributed by atoms with van der Waals surface area (Å²) in [6, 6.07) is 1.15. The van der Waals surface area contributed by atoms with E-state index in [1.54, 1.807) is 0 Å². The molecule has 12 heavy (non-hydrogen) atoms. The minimum absolute atomic E-state index is 0.0200. The number of methoxy groups -OCH3 is 1. The first-order valence-corrected chi connectivity index (χ1v) is 4.63. The Morgan fingerprint density at radius 2 is 1.92 bits per heavy atom. The van der Waals surface area contributed by atoms with Crippen LogP contribution in [0.5, 0.6) is 0 Å². The quantitative estimate of drug-likeness (QED) is 0.587. The van der Waals surface area contributed by atoms with Gasteiger partial charge in [0.2, 0.25) is 0 Å². The minimum atomic E-state index is -0.0200. The number of rotatable bonds is 1. The molecule has 0 spiro atoms. The van der Waals surface area contributed by atoms with Gasteiger partial charge < -0.3 is 10.1 Å². The van der Waals surface area contributed by atoms with Gasteiger partial charge in [-0.25, -0.2) is 0 Å². The van der Waals surface area contributed by atoms with E-state index in [4.69, 9.17) is 4.74 Å². The van der Waals surface area contributed by atoms with E-state index in [2.05, 4.69) is 5.32 Å². The number of nitrogens with one attached hydrogen (secondary N) is 1. The van der Waals surface area contributed by atoms with Crippen LogP contribution in [0.1, 0.15) is 25.7 Å². The smallest absolute Gasteiger partial charge is 0.308 e. The highest BCUT2D eigenvalue weighted by atomic mass is 16.5. The van der Waals surface area contributed by atoms with Gasteiger partial charge in [0.1, 0.15) is 0 Å². The molecule has 0 amide bonds. The Labute approximate surface area is 72.5 Å². The Balaban J connectivity index is 1.98. The maximum Gasteiger partial charge on any atom is 0.308 e. The molecule has 0 aromatic rings. The lowest BCUT2D eigenvalue weighted by Crippen LogP contribution is -2.40. The van der Waals surface area contributed by atoms with Gasteiger partial charge in [0.15, 0.2) is 0 Å². The summed E-state index contributed by atoms with van der Waals surface area (Å²) in [5, 5.41) is 3.49. The third-order valence-electron chi connectivity index (χ3n) is 3.01. The van der Waals surface area contributed by atoms with Crippen molar-refractivity contribution in [2.75, 3.05) is 7.11 Å². The lowest BCUT2D eigenvalue weighted by atomic mass is 9.93. The van der Waals surface area contributed by atoms with Gasteiger partial charge in [-0.15, -0.1) is 0 Å². The summed E-state index contributed by atoms with van der Waals surface area (Å²) in [6.45, 7) is 0. The lowest BCUT2D eigenvalue weighted by Gasteiger charge is -2.26. The highest BCUT2D eigenvalue weighted by molar-refractivity contribution is 5.72. The fourth-order valence-corrected chi connectivity index (χ4v) is 2.42. The Kier molecular flexibility index (Phi) is 2.05. The summed E-state index contributed by atoms with van der Waals surface area (Å²) in [4.78, 5) is 11.2. The van der Waals surface area contributed by atoms with Crippen molar-refractivity contribution in [2.45, 2.75) is 37.8 Å². The van der Waals surface area contributed by atoms with E-state index < -0.39 is 0 Å². The molecular formula is C9H15NO2. The standard InChI is InChI=1S/C9H15NO2/c1-12-9(11)6-4-7-2-3-8(5-6)10-7/h6-8,10H,2-5H2,1H3/t6-,7-,8+. The molecule has 0 radical (unpaired) electrons. The first kappa shape index (κ1) is 8.05. The van der Waals surface area contributed by atoms with Crippen LogP contribution in [0.25, 0.3) is 0 Å². The van der Waals surface area contributed by atoms with E-state index in [1.165, 1.54) is 20.0 Å². The molecule has 2 bridgehead atoms. The molecule has 3 heteroatoms. The van der Waals surface area contributed by atoms with Crippen LogP contribution < -0.4 is 5.32 Å². The van der Waals surface area contributed by atoms with Gasteiger partial charge in [0.25, 0.3) is 0 Å². The average molecular weight is 169 g/mol. The summed E-state index contributed by atoms with van der Waals surface area (Å²) >= 11 is 0. The second kappa shape index (κ2) is 3.05. The van der Waals surface area contributed by atoms with Gasteiger partial charge in [-0.05, 0) is 25.7 Å². The molecule has 2 aliphatic heterocycles. The molecule has 0 aliphatic carbocycles. The number of hydrogen-bond donors (Lipinski definition) is 1. The molecule has 2 aliphatic rings. The molecule has 0 aromatic heterocycles. The number of piperidine rings is 1. The lowest BCUT2D eigenvalue weighted by molar-refractivity contribution is -0.146. The zero-order valence-corrected chi connectivity index (χ0v) is 7.38. The molecule has 3 nitrogen and oxygen atoms in total. The molecular weight excluding hydrogens is 154 g/mol. The van der Waals surface area contributed by atoms with Crippen LogP contribution in [0.15, 0.2) is 0 Å². The molecule has 0 saturated carbocycles. The summed E-state index contributed by atoms with van der Waals surface area (Å²) in [6.07, 6.45) is 4.42. The van der Waals surface area contributed by atoms with E-state index in [-0.39, 0.29) is 11.9 Å². The van der Waals surface area contributed by atoms with Crippen LogP contribution in [0.2, 0.25) is 0 Å². The highest BCUT2D eigenvalue weighted by Gasteiger charge is 2.36. The van der Waals surface area contributed by atoms with Crippen LogP contribution in [-0.4, -0.2) is 25.2 Å². The number of carbonyl (C=O) groups is 1. The Hall–Kier alpha value is -0.570. The number of ether oxygens (including phenoxy) is 1. The molecule has 68 valence electrons. The van der Waals surface area contributed by atoms with E-state index >= 15 is 0 Å². The van der Waals surface area contributed by atoms with Gasteiger partial charge in [0, 0.05) is 12.1 Å². The predicted octanol–water partition coefficient (Wildman–Crippen LogP) is 0.690. The van der Waals surface area contributed by atoms with Crippen molar-refractivity contribution in [1.29, 1.82) is 0 Å². The van der Waals surface area contributed by atoms with Gasteiger partial charge >= 0.3 is 5.97 Å². The van der Waals surface area contributed by atoms with E-state index in [0.29, 0.717) is 12.1 Å². The molecule has 0 aromatic carbocycles. The third kappa shape index (κ3) is 1.33. The van der Waals surface area contributed by atoms with Crippen LogP contribution in [0.3, 0.4) is 0 Å². The van der Waals surface area contributed by atoms with Gasteiger partial charge in [-0.1, -0.05) is 0 Å². The number of carbonyl (C=O) groups excluding carboxylic acids is 1. The van der Waals surface area contributed by atoms with Crippen molar-refractivity contribution in [3.8, 4) is 0 Å². The first-order valence-electron chi connectivity index (χ1n) is 4.63. The van der Waals surface area contributed by atoms with Crippen molar-refractivity contribution in [3.63, 3.8) is 0 Å². The topological polar surface area (TPSA) is 38.3 Å². The Bertz CT molecular complexity index is 181. The van der Waals surface area contributed by atoms with Crippen molar-refractivity contribution in [3.05, 3.63) is 0 Å². The van der Waals surface area contributed by atoms with Crippen molar-refractivity contribution in [1.82, 2.24) is 5.32 Å². The number of esters is 1. The molecule has 0 unspecified atom stereocenters. The first-order chi connectivity index (χ1) is 5.79. The Morgan fingerprint density at radius 3 is 2.42 bits per heavy atom. The predicted molar refractivity (Wildman–Crippen MR) is 44.7 cm³/mol. The van der Waals surface area contributed by atoms with E-state index in [1.807, 2.05) is 0 Å². The second-order valence-corrected chi connectivity index (χ2v) is 3.83. The fourth-order valence-electron chi connectivity index (χ4n) is 2.42. The molecule has 2 heterocycles. The van der Waals surface area contributed by atoms with Crippen molar-refractivity contribution >= 4 is 5.97 Å². The fraction of sp³-hybridized carbons (Fsp3) is 0.889. The van der Waals surface area contributed by atoms with Crippen LogP contribution in [0.4, 0.5) is 0 Å². The zero-order valence-electron chi connectivity index (χ0n) is 7.38. The normalized spacial score (nSPS) is 39.6. The SMILES string of the molecule is COC(=O)[C@@H]1C[C@H]2CC[C@@H](C1)N2. The maximum atomic E-state index is 11.2. The van der Waals surface area contributed by atoms with Crippen LogP contribution >= 0.6 is 0 Å². The summed E-state index contributed by atoms with van der Waals surface area (Å²) in [7, 11) is 1.48. The second-order valence-electron chi connectivity index (χ2n) is 3.83. The van der Waals surface area contributed by atoms with Crippen molar-refractivity contribution in [2.24, 2.45) is 5.92 Å². The molecule has 3 atom stereocenters. The van der Waals surface area contributed by atoms with E-state index in [0.717, 1.165) is 12.8 Å². The summed E-state index contributed by atoms with van der Waals surface area (Å²) < 4.78 is 4.75. The number of hydrogen-bond acceptors (Lipinski definition) is 3. The van der Waals surface area contributed by atoms with Crippen molar-refractivity contribution < 1.29 is 9.53 Å². The van der Waals surface area contributed by atoms with Gasteiger partial charge in [0.05, 0.1) is 13.0 Å². The zero-order chi connectivity index (χ0) is 8.55. The largest absolute Gasteiger partial charge is 0.469 e. The highest BCUT2D eigenvalue weighted by Crippen LogP contribution is 2.31. The number of fused-ring (bicyclic) bond motifs is 2. The molecule has 2 fully saturated rings. The molecule has 2 saturated heterocycles. The summed E-state index contributed by atoms with van der Waals surface area (Å²) in [5.41, 5.74) is 0. The van der Waals surface area contributed by atoms with Crippen LogP contribution in [0, 0.1) is 5.92 Å². The average Bonchev–Trinajstić information content (AvgIpc) is 2.44. The monoisotopic (exact) mass is 169 g/mol. The van der Waals surface area contributed by atoms with Gasteiger partial charge in [-0.3, -0.25) is 4.79 Å². The Morgan fingerprint density at radius 1 is 1.33 bits per heavy atom. The minimum Gasteiger partial charge on any atom is -0.469 e. The maximum absolute atomic E-state index is 11.2. The molecule has 2 rings (SSSR count). The van der Waals surface area contributed by atoms with Crippen LogP contribution in [-0.2, 0) is 9.53 Å². The third-order valence-corrected chi connectivity index (χ3v) is 3.01. The van der Waals surface area contributed by atoms with E-state index in [9.17, 15) is 4.79 Å². The van der Waals surface area contributed by atoms with Gasteiger partial charge in [-0.2, -0.15) is 0 Å². The molecule has 1 N–H and O–H groups in total.